The van der Waals surface area contributed by atoms with Gasteiger partial charge in [0, 0.05) is 17.0 Å². The average molecular weight is 274 g/mol. The molecule has 1 aromatic heterocycles. The maximum absolute atomic E-state index is 6.25. The fraction of sp³-hybridized carbons (Fsp3) is 0.471. The number of hydrogen-bond donors (Lipinski definition) is 0. The summed E-state index contributed by atoms with van der Waals surface area (Å²) in [5.74, 6) is 1.15. The lowest BCUT2D eigenvalue weighted by Crippen LogP contribution is -2.09. The normalized spacial score (nSPS) is 14.9. The van der Waals surface area contributed by atoms with Crippen LogP contribution in [-0.2, 0) is 18.7 Å². The number of pyridine rings is 1. The Morgan fingerprint density at radius 3 is 2.74 bits per heavy atom. The summed E-state index contributed by atoms with van der Waals surface area (Å²) < 4.78 is 0. The number of halogens is 1. The Kier molecular flexibility index (Phi) is 3.49. The topological polar surface area (TPSA) is 12.9 Å². The zero-order valence-electron chi connectivity index (χ0n) is 11.7. The fourth-order valence-electron chi connectivity index (χ4n) is 3.05. The largest absolute Gasteiger partial charge is 0.253 e. The molecule has 1 heterocycles. The highest BCUT2D eigenvalue weighted by Crippen LogP contribution is 2.31. The van der Waals surface area contributed by atoms with Gasteiger partial charge in [0.1, 0.15) is 0 Å². The van der Waals surface area contributed by atoms with Gasteiger partial charge in [-0.25, -0.2) is 0 Å². The second-order valence-corrected chi connectivity index (χ2v) is 6.05. The summed E-state index contributed by atoms with van der Waals surface area (Å²) in [6.45, 7) is 4.46. The SMILES string of the molecule is CC(C)c1ccc2nc3c(c(CCl)c2c1)CCCC3. The van der Waals surface area contributed by atoms with Gasteiger partial charge in [-0.15, -0.1) is 11.6 Å². The summed E-state index contributed by atoms with van der Waals surface area (Å²) >= 11 is 6.25. The van der Waals surface area contributed by atoms with Crippen molar-refractivity contribution in [2.24, 2.45) is 0 Å². The number of aryl methyl sites for hydroxylation is 1. The third-order valence-corrected chi connectivity index (χ3v) is 4.47. The molecule has 0 radical (unpaired) electrons. The molecule has 1 aromatic carbocycles. The van der Waals surface area contributed by atoms with E-state index in [1.807, 2.05) is 0 Å². The van der Waals surface area contributed by atoms with Crippen molar-refractivity contribution in [3.63, 3.8) is 0 Å². The molecule has 1 aliphatic rings. The van der Waals surface area contributed by atoms with Crippen molar-refractivity contribution < 1.29 is 0 Å². The number of hydrogen-bond acceptors (Lipinski definition) is 1. The number of fused-ring (bicyclic) bond motifs is 2. The summed E-state index contributed by atoms with van der Waals surface area (Å²) in [6.07, 6.45) is 4.79. The summed E-state index contributed by atoms with van der Waals surface area (Å²) in [5, 5.41) is 1.27. The maximum atomic E-state index is 6.25. The molecular weight excluding hydrogens is 254 g/mol. The second kappa shape index (κ2) is 5.13. The Morgan fingerprint density at radius 1 is 1.21 bits per heavy atom. The molecule has 1 aliphatic carbocycles. The van der Waals surface area contributed by atoms with E-state index in [-0.39, 0.29) is 0 Å². The Balaban J connectivity index is 2.28. The third-order valence-electron chi connectivity index (χ3n) is 4.20. The number of alkyl halides is 1. The van der Waals surface area contributed by atoms with E-state index in [9.17, 15) is 0 Å². The van der Waals surface area contributed by atoms with Crippen LogP contribution in [-0.4, -0.2) is 4.98 Å². The molecule has 0 bridgehead atoms. The predicted octanol–water partition coefficient (Wildman–Crippen LogP) is 4.98. The van der Waals surface area contributed by atoms with Gasteiger partial charge in [-0.1, -0.05) is 19.9 Å². The summed E-state index contributed by atoms with van der Waals surface area (Å²) in [7, 11) is 0. The Bertz CT molecular complexity index is 616. The molecule has 3 rings (SSSR count). The van der Waals surface area contributed by atoms with E-state index in [1.54, 1.807) is 0 Å². The van der Waals surface area contributed by atoms with Crippen molar-refractivity contribution in [3.8, 4) is 0 Å². The molecule has 1 nitrogen and oxygen atoms in total. The maximum Gasteiger partial charge on any atom is 0.0708 e. The smallest absolute Gasteiger partial charge is 0.0708 e. The van der Waals surface area contributed by atoms with E-state index in [1.165, 1.54) is 40.6 Å². The van der Waals surface area contributed by atoms with E-state index < -0.39 is 0 Å². The van der Waals surface area contributed by atoms with E-state index in [0.717, 1.165) is 18.4 Å². The summed E-state index contributed by atoms with van der Waals surface area (Å²) in [4.78, 5) is 4.87. The molecule has 0 spiro atoms. The number of rotatable bonds is 2. The van der Waals surface area contributed by atoms with E-state index in [4.69, 9.17) is 16.6 Å². The van der Waals surface area contributed by atoms with Gasteiger partial charge in [-0.3, -0.25) is 4.98 Å². The van der Waals surface area contributed by atoms with Gasteiger partial charge < -0.3 is 0 Å². The molecule has 0 saturated heterocycles. The van der Waals surface area contributed by atoms with Crippen LogP contribution in [0.4, 0.5) is 0 Å². The van der Waals surface area contributed by atoms with Crippen LogP contribution in [0.15, 0.2) is 18.2 Å². The molecule has 0 saturated carbocycles. The van der Waals surface area contributed by atoms with Crippen molar-refractivity contribution in [2.75, 3.05) is 0 Å². The lowest BCUT2D eigenvalue weighted by molar-refractivity contribution is 0.667. The predicted molar refractivity (Wildman–Crippen MR) is 82.0 cm³/mol. The molecular formula is C17H20ClN. The highest BCUT2D eigenvalue weighted by atomic mass is 35.5. The number of nitrogens with zero attached hydrogens (tertiary/aromatic N) is 1. The molecule has 0 atom stereocenters. The molecule has 0 amide bonds. The van der Waals surface area contributed by atoms with Crippen LogP contribution in [0.3, 0.4) is 0 Å². The highest BCUT2D eigenvalue weighted by molar-refractivity contribution is 6.18. The van der Waals surface area contributed by atoms with Crippen LogP contribution in [0, 0.1) is 0 Å². The average Bonchev–Trinajstić information content (AvgIpc) is 2.44. The first-order chi connectivity index (χ1) is 9.20. The molecule has 2 aromatic rings. The Labute approximate surface area is 120 Å². The van der Waals surface area contributed by atoms with Gasteiger partial charge >= 0.3 is 0 Å². The number of aromatic nitrogens is 1. The zero-order chi connectivity index (χ0) is 13.4. The molecule has 0 N–H and O–H groups in total. The first-order valence-corrected chi connectivity index (χ1v) is 7.74. The lowest BCUT2D eigenvalue weighted by Gasteiger charge is -2.20. The van der Waals surface area contributed by atoms with Crippen molar-refractivity contribution in [2.45, 2.75) is 51.3 Å². The van der Waals surface area contributed by atoms with Crippen LogP contribution in [0.2, 0.25) is 0 Å². The van der Waals surface area contributed by atoms with Crippen molar-refractivity contribution in [3.05, 3.63) is 40.6 Å². The van der Waals surface area contributed by atoms with Crippen molar-refractivity contribution in [1.82, 2.24) is 4.98 Å². The van der Waals surface area contributed by atoms with E-state index in [2.05, 4.69) is 32.0 Å². The van der Waals surface area contributed by atoms with E-state index in [0.29, 0.717) is 11.8 Å². The highest BCUT2D eigenvalue weighted by Gasteiger charge is 2.17. The molecule has 0 unspecified atom stereocenters. The second-order valence-electron chi connectivity index (χ2n) is 5.79. The zero-order valence-corrected chi connectivity index (χ0v) is 12.4. The molecule has 19 heavy (non-hydrogen) atoms. The summed E-state index contributed by atoms with van der Waals surface area (Å²) in [5.41, 5.74) is 6.52. The van der Waals surface area contributed by atoms with E-state index >= 15 is 0 Å². The number of benzene rings is 1. The first kappa shape index (κ1) is 12.9. The van der Waals surface area contributed by atoms with Gasteiger partial charge in [0.15, 0.2) is 0 Å². The summed E-state index contributed by atoms with van der Waals surface area (Å²) in [6, 6.07) is 6.66. The Hall–Kier alpha value is -1.08. The monoisotopic (exact) mass is 273 g/mol. The van der Waals surface area contributed by atoms with Gasteiger partial charge in [0.2, 0.25) is 0 Å². The van der Waals surface area contributed by atoms with Crippen LogP contribution in [0.1, 0.15) is 55.0 Å². The fourth-order valence-corrected chi connectivity index (χ4v) is 3.36. The minimum absolute atomic E-state index is 0.545. The van der Waals surface area contributed by atoms with Gasteiger partial charge in [-0.05, 0) is 60.4 Å². The quantitative estimate of drug-likeness (QED) is 0.704. The van der Waals surface area contributed by atoms with Crippen molar-refractivity contribution >= 4 is 22.5 Å². The third kappa shape index (κ3) is 2.25. The minimum atomic E-state index is 0.545. The van der Waals surface area contributed by atoms with Crippen LogP contribution >= 0.6 is 11.6 Å². The standard InChI is InChI=1S/C17H20ClN/c1-11(2)12-7-8-17-14(9-12)15(10-18)13-5-3-4-6-16(13)19-17/h7-9,11H,3-6,10H2,1-2H3. The van der Waals surface area contributed by atoms with Crippen LogP contribution < -0.4 is 0 Å². The minimum Gasteiger partial charge on any atom is -0.253 e. The van der Waals surface area contributed by atoms with Gasteiger partial charge in [-0.2, -0.15) is 0 Å². The molecule has 0 fully saturated rings. The van der Waals surface area contributed by atoms with Crippen LogP contribution in [0.25, 0.3) is 10.9 Å². The molecule has 100 valence electrons. The molecule has 0 aliphatic heterocycles. The van der Waals surface area contributed by atoms with Crippen LogP contribution in [0.5, 0.6) is 0 Å². The van der Waals surface area contributed by atoms with Crippen molar-refractivity contribution in [1.29, 1.82) is 0 Å². The molecule has 2 heteroatoms. The Morgan fingerprint density at radius 2 is 2.00 bits per heavy atom. The van der Waals surface area contributed by atoms with Gasteiger partial charge in [0.05, 0.1) is 5.52 Å². The lowest BCUT2D eigenvalue weighted by atomic mass is 9.89. The first-order valence-electron chi connectivity index (χ1n) is 7.21. The van der Waals surface area contributed by atoms with Gasteiger partial charge in [0.25, 0.3) is 0 Å².